The Kier molecular flexibility index (Phi) is 3.34. The van der Waals surface area contributed by atoms with Crippen LogP contribution in [0.3, 0.4) is 0 Å². The van der Waals surface area contributed by atoms with Crippen LogP contribution in [-0.4, -0.2) is 25.8 Å². The van der Waals surface area contributed by atoms with Crippen molar-refractivity contribution in [2.24, 2.45) is 0 Å². The maximum Gasteiger partial charge on any atom is 0.126 e. The molecule has 1 aliphatic rings. The second kappa shape index (κ2) is 4.73. The van der Waals surface area contributed by atoms with Crippen LogP contribution in [0, 0.1) is 5.82 Å². The minimum Gasteiger partial charge on any atom is -0.378 e. The molecule has 3 heteroatoms. The van der Waals surface area contributed by atoms with Gasteiger partial charge in [-0.05, 0) is 17.5 Å². The van der Waals surface area contributed by atoms with Crippen LogP contribution in [0.1, 0.15) is 18.4 Å². The molecule has 0 spiro atoms. The zero-order valence-electron chi connectivity index (χ0n) is 8.87. The fourth-order valence-electron chi connectivity index (χ4n) is 1.68. The summed E-state index contributed by atoms with van der Waals surface area (Å²) in [6.07, 6.45) is 0. The molecule has 1 unspecified atom stereocenters. The van der Waals surface area contributed by atoms with Crippen LogP contribution in [0.5, 0.6) is 0 Å². The van der Waals surface area contributed by atoms with Gasteiger partial charge in [-0.1, -0.05) is 25.1 Å². The summed E-state index contributed by atoms with van der Waals surface area (Å²) in [6.45, 7) is 4.40. The van der Waals surface area contributed by atoms with Crippen LogP contribution in [-0.2, 0) is 4.74 Å². The molecule has 1 fully saturated rings. The molecule has 0 aliphatic carbocycles. The van der Waals surface area contributed by atoms with E-state index in [2.05, 4.69) is 5.32 Å². The topological polar surface area (TPSA) is 21.3 Å². The van der Waals surface area contributed by atoms with Crippen molar-refractivity contribution < 1.29 is 9.13 Å². The third kappa shape index (κ3) is 2.55. The highest BCUT2D eigenvalue weighted by atomic mass is 19.1. The third-order valence-electron chi connectivity index (χ3n) is 2.79. The molecule has 0 saturated carbocycles. The first kappa shape index (κ1) is 10.6. The van der Waals surface area contributed by atoms with E-state index in [0.29, 0.717) is 6.04 Å². The Hall–Kier alpha value is -0.930. The number of ether oxygens (including phenoxy) is 1. The monoisotopic (exact) mass is 209 g/mol. The van der Waals surface area contributed by atoms with Crippen molar-refractivity contribution in [1.82, 2.24) is 5.32 Å². The van der Waals surface area contributed by atoms with Crippen molar-refractivity contribution in [1.29, 1.82) is 0 Å². The molecule has 1 heterocycles. The first-order valence-corrected chi connectivity index (χ1v) is 5.33. The molecule has 82 valence electrons. The molecule has 2 rings (SSSR count). The van der Waals surface area contributed by atoms with Crippen LogP contribution in [0.25, 0.3) is 0 Å². The zero-order valence-corrected chi connectivity index (χ0v) is 8.87. The van der Waals surface area contributed by atoms with Gasteiger partial charge >= 0.3 is 0 Å². The van der Waals surface area contributed by atoms with Crippen LogP contribution in [0.15, 0.2) is 24.3 Å². The highest BCUT2D eigenvalue weighted by Crippen LogP contribution is 2.18. The smallest absolute Gasteiger partial charge is 0.126 e. The molecule has 1 saturated heterocycles. The minimum absolute atomic E-state index is 0.114. The van der Waals surface area contributed by atoms with E-state index in [1.54, 1.807) is 6.07 Å². The van der Waals surface area contributed by atoms with Crippen molar-refractivity contribution in [3.8, 4) is 0 Å². The van der Waals surface area contributed by atoms with Gasteiger partial charge in [0.1, 0.15) is 5.82 Å². The van der Waals surface area contributed by atoms with Crippen LogP contribution in [0.2, 0.25) is 0 Å². The molecule has 15 heavy (non-hydrogen) atoms. The second-order valence-corrected chi connectivity index (χ2v) is 4.07. The summed E-state index contributed by atoms with van der Waals surface area (Å²) in [7, 11) is 0. The molecule has 0 bridgehead atoms. The highest BCUT2D eigenvalue weighted by molar-refractivity contribution is 5.21. The molecule has 1 aromatic carbocycles. The van der Waals surface area contributed by atoms with Gasteiger partial charge in [0, 0.05) is 6.54 Å². The predicted octanol–water partition coefficient (Wildman–Crippen LogP) is 1.92. The van der Waals surface area contributed by atoms with E-state index in [4.69, 9.17) is 4.74 Å². The minimum atomic E-state index is -0.114. The van der Waals surface area contributed by atoms with Crippen LogP contribution in [0.4, 0.5) is 4.39 Å². The largest absolute Gasteiger partial charge is 0.378 e. The molecular formula is C12H16FNO. The van der Waals surface area contributed by atoms with Gasteiger partial charge in [0.05, 0.1) is 19.3 Å². The average Bonchev–Trinajstić information content (AvgIpc) is 2.16. The van der Waals surface area contributed by atoms with E-state index in [1.165, 1.54) is 6.07 Å². The summed E-state index contributed by atoms with van der Waals surface area (Å²) in [4.78, 5) is 0. The lowest BCUT2D eigenvalue weighted by Crippen LogP contribution is -2.47. The highest BCUT2D eigenvalue weighted by Gasteiger charge is 2.19. The molecule has 1 aromatic rings. The van der Waals surface area contributed by atoms with Crippen LogP contribution >= 0.6 is 0 Å². The first-order chi connectivity index (χ1) is 7.27. The van der Waals surface area contributed by atoms with Gasteiger partial charge in [-0.15, -0.1) is 0 Å². The molecule has 0 radical (unpaired) electrons. The van der Waals surface area contributed by atoms with Crippen molar-refractivity contribution >= 4 is 0 Å². The Morgan fingerprint density at radius 1 is 1.47 bits per heavy atom. The maximum atomic E-state index is 13.4. The van der Waals surface area contributed by atoms with Gasteiger partial charge in [-0.3, -0.25) is 0 Å². The van der Waals surface area contributed by atoms with E-state index in [0.717, 1.165) is 25.3 Å². The summed E-state index contributed by atoms with van der Waals surface area (Å²) < 4.78 is 18.5. The molecule has 2 nitrogen and oxygen atoms in total. The van der Waals surface area contributed by atoms with Gasteiger partial charge in [0.15, 0.2) is 0 Å². The van der Waals surface area contributed by atoms with Gasteiger partial charge in [-0.25, -0.2) is 4.39 Å². The number of halogens is 1. The van der Waals surface area contributed by atoms with E-state index < -0.39 is 0 Å². The molecule has 0 amide bonds. The lowest BCUT2D eigenvalue weighted by molar-refractivity contribution is -0.00532. The lowest BCUT2D eigenvalue weighted by Gasteiger charge is -2.28. The second-order valence-electron chi connectivity index (χ2n) is 4.07. The van der Waals surface area contributed by atoms with Gasteiger partial charge in [0.2, 0.25) is 0 Å². The van der Waals surface area contributed by atoms with E-state index in [1.807, 2.05) is 19.1 Å². The summed E-state index contributed by atoms with van der Waals surface area (Å²) in [5.41, 5.74) is 0.783. The van der Waals surface area contributed by atoms with Crippen molar-refractivity contribution in [2.75, 3.05) is 19.8 Å². The summed E-state index contributed by atoms with van der Waals surface area (Å²) in [5.74, 6) is 0.0865. The maximum absolute atomic E-state index is 13.4. The van der Waals surface area contributed by atoms with Crippen molar-refractivity contribution in [2.45, 2.75) is 18.9 Å². The number of benzene rings is 1. The van der Waals surface area contributed by atoms with Crippen molar-refractivity contribution in [3.05, 3.63) is 35.6 Å². The van der Waals surface area contributed by atoms with Gasteiger partial charge in [-0.2, -0.15) is 0 Å². The number of hydrogen-bond donors (Lipinski definition) is 1. The van der Waals surface area contributed by atoms with Gasteiger partial charge in [0.25, 0.3) is 0 Å². The Morgan fingerprint density at radius 3 is 2.80 bits per heavy atom. The molecule has 0 aromatic heterocycles. The van der Waals surface area contributed by atoms with E-state index in [-0.39, 0.29) is 11.7 Å². The molecule has 1 atom stereocenters. The summed E-state index contributed by atoms with van der Waals surface area (Å²) in [6, 6.07) is 7.41. The number of hydrogen-bond acceptors (Lipinski definition) is 2. The Morgan fingerprint density at radius 2 is 2.20 bits per heavy atom. The Bertz CT molecular complexity index is 325. The summed E-state index contributed by atoms with van der Waals surface area (Å²) in [5, 5.41) is 3.35. The average molecular weight is 209 g/mol. The predicted molar refractivity (Wildman–Crippen MR) is 57.4 cm³/mol. The van der Waals surface area contributed by atoms with Crippen LogP contribution < -0.4 is 5.32 Å². The SMILES string of the molecule is CC(CNC1COC1)c1ccccc1F. The molecule has 1 N–H and O–H groups in total. The zero-order chi connectivity index (χ0) is 10.7. The number of nitrogens with one attached hydrogen (secondary N) is 1. The van der Waals surface area contributed by atoms with Crippen molar-refractivity contribution in [3.63, 3.8) is 0 Å². The fourth-order valence-corrected chi connectivity index (χ4v) is 1.68. The summed E-state index contributed by atoms with van der Waals surface area (Å²) >= 11 is 0. The normalized spacial score (nSPS) is 18.5. The Balaban J connectivity index is 1.89. The standard InChI is InChI=1S/C12H16FNO/c1-9(6-14-10-7-15-8-10)11-4-2-3-5-12(11)13/h2-5,9-10,14H,6-8H2,1H3. The Labute approximate surface area is 89.4 Å². The lowest BCUT2D eigenvalue weighted by atomic mass is 10.0. The number of rotatable bonds is 4. The first-order valence-electron chi connectivity index (χ1n) is 5.33. The van der Waals surface area contributed by atoms with E-state index in [9.17, 15) is 4.39 Å². The van der Waals surface area contributed by atoms with Gasteiger partial charge < -0.3 is 10.1 Å². The molecular weight excluding hydrogens is 193 g/mol. The fraction of sp³-hybridized carbons (Fsp3) is 0.500. The quantitative estimate of drug-likeness (QED) is 0.818. The molecule has 1 aliphatic heterocycles. The third-order valence-corrected chi connectivity index (χ3v) is 2.79. The van der Waals surface area contributed by atoms with E-state index >= 15 is 0 Å².